The van der Waals surface area contributed by atoms with Crippen molar-refractivity contribution in [3.8, 4) is 0 Å². The SMILES string of the molecule is CCNC(c1cc(C)ccc1F)C1CCCCC1. The molecule has 0 aliphatic heterocycles. The van der Waals surface area contributed by atoms with Gasteiger partial charge in [0.2, 0.25) is 0 Å². The van der Waals surface area contributed by atoms with E-state index in [1.165, 1.54) is 32.1 Å². The average Bonchev–Trinajstić information content (AvgIpc) is 2.40. The Balaban J connectivity index is 2.24. The van der Waals surface area contributed by atoms with Crippen LogP contribution in [0.4, 0.5) is 4.39 Å². The van der Waals surface area contributed by atoms with E-state index >= 15 is 0 Å². The minimum absolute atomic E-state index is 0.0582. The van der Waals surface area contributed by atoms with Gasteiger partial charge in [-0.3, -0.25) is 0 Å². The van der Waals surface area contributed by atoms with Crippen LogP contribution in [0, 0.1) is 18.7 Å². The first kappa shape index (κ1) is 13.5. The van der Waals surface area contributed by atoms with Crippen LogP contribution in [0.15, 0.2) is 18.2 Å². The van der Waals surface area contributed by atoms with Gasteiger partial charge in [0.05, 0.1) is 0 Å². The van der Waals surface area contributed by atoms with Gasteiger partial charge in [-0.05, 0) is 38.3 Å². The van der Waals surface area contributed by atoms with Crippen molar-refractivity contribution in [2.24, 2.45) is 5.92 Å². The Morgan fingerprint density at radius 1 is 1.28 bits per heavy atom. The standard InChI is InChI=1S/C16H24FN/c1-3-18-16(13-7-5-4-6-8-13)14-11-12(2)9-10-15(14)17/h9-11,13,16,18H,3-8H2,1-2H3. The van der Waals surface area contributed by atoms with E-state index in [-0.39, 0.29) is 11.9 Å². The molecule has 1 aromatic carbocycles. The van der Waals surface area contributed by atoms with Gasteiger partial charge in [-0.1, -0.05) is 43.9 Å². The zero-order valence-electron chi connectivity index (χ0n) is 11.5. The van der Waals surface area contributed by atoms with Gasteiger partial charge >= 0.3 is 0 Å². The lowest BCUT2D eigenvalue weighted by atomic mass is 9.80. The maximum atomic E-state index is 14.1. The number of aryl methyl sites for hydroxylation is 1. The highest BCUT2D eigenvalue weighted by Crippen LogP contribution is 2.35. The largest absolute Gasteiger partial charge is 0.310 e. The molecule has 2 rings (SSSR count). The van der Waals surface area contributed by atoms with E-state index in [1.807, 2.05) is 19.1 Å². The number of rotatable bonds is 4. The number of nitrogens with one attached hydrogen (secondary N) is 1. The highest BCUT2D eigenvalue weighted by atomic mass is 19.1. The molecule has 0 spiro atoms. The van der Waals surface area contributed by atoms with E-state index < -0.39 is 0 Å². The third-order valence-corrected chi connectivity index (χ3v) is 4.03. The molecule has 100 valence electrons. The van der Waals surface area contributed by atoms with Crippen molar-refractivity contribution in [3.63, 3.8) is 0 Å². The Hall–Kier alpha value is -0.890. The van der Waals surface area contributed by atoms with Crippen molar-refractivity contribution in [1.82, 2.24) is 5.32 Å². The first-order chi connectivity index (χ1) is 8.72. The predicted molar refractivity (Wildman–Crippen MR) is 74.1 cm³/mol. The van der Waals surface area contributed by atoms with Crippen molar-refractivity contribution in [3.05, 3.63) is 35.1 Å². The molecule has 1 aromatic rings. The Morgan fingerprint density at radius 2 is 2.00 bits per heavy atom. The summed E-state index contributed by atoms with van der Waals surface area (Å²) in [5.74, 6) is 0.534. The minimum Gasteiger partial charge on any atom is -0.310 e. The molecule has 0 amide bonds. The Morgan fingerprint density at radius 3 is 2.67 bits per heavy atom. The summed E-state index contributed by atoms with van der Waals surface area (Å²) in [6, 6.07) is 5.66. The summed E-state index contributed by atoms with van der Waals surface area (Å²) in [6.45, 7) is 5.03. The summed E-state index contributed by atoms with van der Waals surface area (Å²) in [5, 5.41) is 3.50. The Kier molecular flexibility index (Phi) is 4.76. The lowest BCUT2D eigenvalue weighted by Gasteiger charge is -2.31. The van der Waals surface area contributed by atoms with Crippen LogP contribution in [0.3, 0.4) is 0 Å². The molecule has 0 saturated heterocycles. The fraction of sp³-hybridized carbons (Fsp3) is 0.625. The second-order valence-electron chi connectivity index (χ2n) is 5.46. The summed E-state index contributed by atoms with van der Waals surface area (Å²) < 4.78 is 14.1. The molecule has 2 heteroatoms. The van der Waals surface area contributed by atoms with Gasteiger partial charge in [-0.2, -0.15) is 0 Å². The van der Waals surface area contributed by atoms with Gasteiger partial charge in [0.1, 0.15) is 5.82 Å². The summed E-state index contributed by atoms with van der Waals surface area (Å²) in [5.41, 5.74) is 2.01. The summed E-state index contributed by atoms with van der Waals surface area (Å²) >= 11 is 0. The average molecular weight is 249 g/mol. The first-order valence-corrected chi connectivity index (χ1v) is 7.21. The lowest BCUT2D eigenvalue weighted by Crippen LogP contribution is -2.30. The maximum Gasteiger partial charge on any atom is 0.128 e. The van der Waals surface area contributed by atoms with Crippen molar-refractivity contribution in [2.45, 2.75) is 52.0 Å². The summed E-state index contributed by atoms with van der Waals surface area (Å²) in [6.07, 6.45) is 6.38. The topological polar surface area (TPSA) is 12.0 Å². The van der Waals surface area contributed by atoms with E-state index in [4.69, 9.17) is 0 Å². The van der Waals surface area contributed by atoms with Crippen LogP contribution >= 0.6 is 0 Å². The van der Waals surface area contributed by atoms with Gasteiger partial charge in [-0.15, -0.1) is 0 Å². The second kappa shape index (κ2) is 6.33. The quantitative estimate of drug-likeness (QED) is 0.835. The molecule has 0 bridgehead atoms. The normalized spacial score (nSPS) is 18.8. The van der Waals surface area contributed by atoms with Crippen LogP contribution in [0.2, 0.25) is 0 Å². The molecule has 0 aromatic heterocycles. The van der Waals surface area contributed by atoms with E-state index in [1.54, 1.807) is 6.07 Å². The smallest absolute Gasteiger partial charge is 0.128 e. The van der Waals surface area contributed by atoms with Crippen LogP contribution in [0.1, 0.15) is 56.2 Å². The lowest BCUT2D eigenvalue weighted by molar-refractivity contribution is 0.269. The Bertz CT molecular complexity index is 383. The summed E-state index contributed by atoms with van der Waals surface area (Å²) in [7, 11) is 0. The van der Waals surface area contributed by atoms with Gasteiger partial charge in [0.15, 0.2) is 0 Å². The number of benzene rings is 1. The molecule has 1 aliphatic rings. The number of hydrogen-bond donors (Lipinski definition) is 1. The first-order valence-electron chi connectivity index (χ1n) is 7.21. The van der Waals surface area contributed by atoms with Crippen molar-refractivity contribution in [1.29, 1.82) is 0 Å². The molecule has 0 heterocycles. The third-order valence-electron chi connectivity index (χ3n) is 4.03. The monoisotopic (exact) mass is 249 g/mol. The summed E-state index contributed by atoms with van der Waals surface area (Å²) in [4.78, 5) is 0. The van der Waals surface area contributed by atoms with Crippen LogP contribution in [-0.4, -0.2) is 6.54 Å². The molecule has 1 atom stereocenters. The number of halogens is 1. The van der Waals surface area contributed by atoms with Gasteiger partial charge in [0.25, 0.3) is 0 Å². The zero-order chi connectivity index (χ0) is 13.0. The molecule has 1 saturated carbocycles. The van der Waals surface area contributed by atoms with Gasteiger partial charge in [0, 0.05) is 11.6 Å². The minimum atomic E-state index is -0.0582. The molecule has 1 nitrogen and oxygen atoms in total. The zero-order valence-corrected chi connectivity index (χ0v) is 11.5. The molecular formula is C16H24FN. The maximum absolute atomic E-state index is 14.1. The van der Waals surface area contributed by atoms with Gasteiger partial charge in [-0.25, -0.2) is 4.39 Å². The van der Waals surface area contributed by atoms with Crippen molar-refractivity contribution in [2.75, 3.05) is 6.54 Å². The number of hydrogen-bond acceptors (Lipinski definition) is 1. The van der Waals surface area contributed by atoms with E-state index in [0.29, 0.717) is 5.92 Å². The molecule has 1 aliphatic carbocycles. The highest BCUT2D eigenvalue weighted by Gasteiger charge is 2.26. The van der Waals surface area contributed by atoms with E-state index in [9.17, 15) is 4.39 Å². The molecule has 1 unspecified atom stereocenters. The fourth-order valence-electron chi connectivity index (χ4n) is 3.12. The molecule has 0 radical (unpaired) electrons. The second-order valence-corrected chi connectivity index (χ2v) is 5.46. The highest BCUT2D eigenvalue weighted by molar-refractivity contribution is 5.27. The van der Waals surface area contributed by atoms with Crippen LogP contribution in [0.25, 0.3) is 0 Å². The Labute approximate surface area is 110 Å². The predicted octanol–water partition coefficient (Wildman–Crippen LogP) is 4.37. The molecular weight excluding hydrogens is 225 g/mol. The van der Waals surface area contributed by atoms with Gasteiger partial charge < -0.3 is 5.32 Å². The van der Waals surface area contributed by atoms with Crippen LogP contribution in [0.5, 0.6) is 0 Å². The van der Waals surface area contributed by atoms with Crippen molar-refractivity contribution < 1.29 is 4.39 Å². The van der Waals surface area contributed by atoms with E-state index in [0.717, 1.165) is 17.7 Å². The molecule has 1 N–H and O–H groups in total. The third kappa shape index (κ3) is 3.11. The van der Waals surface area contributed by atoms with E-state index in [2.05, 4.69) is 12.2 Å². The molecule has 18 heavy (non-hydrogen) atoms. The van der Waals surface area contributed by atoms with Crippen LogP contribution < -0.4 is 5.32 Å². The fourth-order valence-corrected chi connectivity index (χ4v) is 3.12. The van der Waals surface area contributed by atoms with Crippen molar-refractivity contribution >= 4 is 0 Å². The molecule has 1 fully saturated rings. The van der Waals surface area contributed by atoms with Crippen LogP contribution in [-0.2, 0) is 0 Å².